The van der Waals surface area contributed by atoms with Crippen molar-refractivity contribution in [1.82, 2.24) is 14.8 Å². The van der Waals surface area contributed by atoms with Crippen LogP contribution in [0.2, 0.25) is 0 Å². The Morgan fingerprint density at radius 1 is 1.04 bits per heavy atom. The van der Waals surface area contributed by atoms with E-state index in [2.05, 4.69) is 10.1 Å². The first-order chi connectivity index (χ1) is 12.5. The number of ether oxygens (including phenoxy) is 1. The van der Waals surface area contributed by atoms with Crippen LogP contribution >= 0.6 is 0 Å². The molecule has 0 amide bonds. The van der Waals surface area contributed by atoms with Gasteiger partial charge in [0.15, 0.2) is 0 Å². The van der Waals surface area contributed by atoms with E-state index < -0.39 is 0 Å². The highest BCUT2D eigenvalue weighted by Crippen LogP contribution is 2.14. The molecule has 5 heteroatoms. The normalized spacial score (nSPS) is 10.7. The number of nitrogens with zero attached hydrogens (tertiary/aromatic N) is 3. The fourth-order valence-electron chi connectivity index (χ4n) is 2.87. The SMILES string of the molecule is Cc1cccc(CCCOC(=O)c2ccc(-n3nc(C)cc3C)cc2)n1. The van der Waals surface area contributed by atoms with Crippen molar-refractivity contribution in [2.75, 3.05) is 6.61 Å². The van der Waals surface area contributed by atoms with Crippen LogP contribution in [0.4, 0.5) is 0 Å². The number of hydrogen-bond donors (Lipinski definition) is 0. The third-order valence-corrected chi connectivity index (χ3v) is 4.11. The Bertz CT molecular complexity index is 898. The summed E-state index contributed by atoms with van der Waals surface area (Å²) in [4.78, 5) is 16.6. The third-order valence-electron chi connectivity index (χ3n) is 4.11. The van der Waals surface area contributed by atoms with Crippen LogP contribution in [0, 0.1) is 20.8 Å². The van der Waals surface area contributed by atoms with Crippen molar-refractivity contribution in [3.8, 4) is 5.69 Å². The molecule has 0 bridgehead atoms. The van der Waals surface area contributed by atoms with Crippen LogP contribution < -0.4 is 0 Å². The number of hydrogen-bond acceptors (Lipinski definition) is 4. The molecule has 0 atom stereocenters. The first kappa shape index (κ1) is 17.9. The van der Waals surface area contributed by atoms with Gasteiger partial charge in [-0.25, -0.2) is 9.48 Å². The van der Waals surface area contributed by atoms with E-state index >= 15 is 0 Å². The van der Waals surface area contributed by atoms with Gasteiger partial charge in [0.25, 0.3) is 0 Å². The topological polar surface area (TPSA) is 57.0 Å². The molecule has 0 fully saturated rings. The highest BCUT2D eigenvalue weighted by Gasteiger charge is 2.09. The molecule has 0 aliphatic carbocycles. The van der Waals surface area contributed by atoms with Crippen LogP contribution in [-0.2, 0) is 11.2 Å². The molecule has 134 valence electrons. The highest BCUT2D eigenvalue weighted by atomic mass is 16.5. The molecule has 1 aromatic carbocycles. The average Bonchev–Trinajstić information content (AvgIpc) is 2.97. The molecule has 0 saturated heterocycles. The molecular formula is C21H23N3O2. The van der Waals surface area contributed by atoms with E-state index in [-0.39, 0.29) is 5.97 Å². The zero-order valence-corrected chi connectivity index (χ0v) is 15.4. The molecule has 0 spiro atoms. The Balaban J connectivity index is 1.52. The third kappa shape index (κ3) is 4.36. The number of aromatic nitrogens is 3. The zero-order valence-electron chi connectivity index (χ0n) is 15.4. The minimum Gasteiger partial charge on any atom is -0.462 e. The molecule has 0 unspecified atom stereocenters. The van der Waals surface area contributed by atoms with Crippen molar-refractivity contribution >= 4 is 5.97 Å². The van der Waals surface area contributed by atoms with Gasteiger partial charge in [0.05, 0.1) is 23.6 Å². The molecule has 0 radical (unpaired) electrons. The summed E-state index contributed by atoms with van der Waals surface area (Å²) in [5, 5.41) is 4.45. The second-order valence-electron chi connectivity index (χ2n) is 6.40. The number of benzene rings is 1. The van der Waals surface area contributed by atoms with Crippen molar-refractivity contribution in [2.45, 2.75) is 33.6 Å². The second-order valence-corrected chi connectivity index (χ2v) is 6.40. The van der Waals surface area contributed by atoms with Crippen molar-refractivity contribution < 1.29 is 9.53 Å². The number of esters is 1. The van der Waals surface area contributed by atoms with Gasteiger partial charge in [-0.3, -0.25) is 4.98 Å². The Morgan fingerprint density at radius 2 is 1.81 bits per heavy atom. The monoisotopic (exact) mass is 349 g/mol. The van der Waals surface area contributed by atoms with Crippen LogP contribution in [0.3, 0.4) is 0 Å². The van der Waals surface area contributed by atoms with Crippen LogP contribution in [0.5, 0.6) is 0 Å². The van der Waals surface area contributed by atoms with Crippen molar-refractivity contribution in [3.05, 3.63) is 76.9 Å². The van der Waals surface area contributed by atoms with E-state index in [0.29, 0.717) is 12.2 Å². The van der Waals surface area contributed by atoms with Gasteiger partial charge in [0.1, 0.15) is 0 Å². The summed E-state index contributed by atoms with van der Waals surface area (Å²) in [7, 11) is 0. The Labute approximate surface area is 153 Å². The lowest BCUT2D eigenvalue weighted by molar-refractivity contribution is 0.0500. The van der Waals surface area contributed by atoms with Gasteiger partial charge in [-0.15, -0.1) is 0 Å². The molecule has 0 saturated carbocycles. The lowest BCUT2D eigenvalue weighted by atomic mass is 10.2. The molecule has 3 rings (SSSR count). The zero-order chi connectivity index (χ0) is 18.5. The quantitative estimate of drug-likeness (QED) is 0.499. The van der Waals surface area contributed by atoms with Crippen LogP contribution in [0.1, 0.15) is 39.6 Å². The number of aryl methyl sites for hydroxylation is 4. The summed E-state index contributed by atoms with van der Waals surface area (Å²) in [6.45, 7) is 6.32. The van der Waals surface area contributed by atoms with Crippen LogP contribution in [0.15, 0.2) is 48.5 Å². The molecule has 0 aliphatic heterocycles. The highest BCUT2D eigenvalue weighted by molar-refractivity contribution is 5.89. The predicted molar refractivity (Wildman–Crippen MR) is 101 cm³/mol. The Kier molecular flexibility index (Phi) is 5.46. The summed E-state index contributed by atoms with van der Waals surface area (Å²) in [5.74, 6) is -0.304. The van der Waals surface area contributed by atoms with Gasteiger partial charge >= 0.3 is 5.97 Å². The molecule has 0 aliphatic rings. The first-order valence-electron chi connectivity index (χ1n) is 8.76. The summed E-state index contributed by atoms with van der Waals surface area (Å²) in [6.07, 6.45) is 1.55. The average molecular weight is 349 g/mol. The van der Waals surface area contributed by atoms with E-state index in [4.69, 9.17) is 4.74 Å². The molecule has 5 nitrogen and oxygen atoms in total. The maximum Gasteiger partial charge on any atom is 0.338 e. The van der Waals surface area contributed by atoms with Crippen LogP contribution in [-0.4, -0.2) is 27.3 Å². The summed E-state index contributed by atoms with van der Waals surface area (Å²) in [5.41, 5.74) is 5.52. The molecule has 26 heavy (non-hydrogen) atoms. The number of pyridine rings is 1. The number of carbonyl (C=O) groups excluding carboxylic acids is 1. The van der Waals surface area contributed by atoms with Gasteiger partial charge in [0, 0.05) is 17.1 Å². The summed E-state index contributed by atoms with van der Waals surface area (Å²) in [6, 6.07) is 15.3. The van der Waals surface area contributed by atoms with Gasteiger partial charge in [0.2, 0.25) is 0 Å². The maximum atomic E-state index is 12.2. The fourth-order valence-corrected chi connectivity index (χ4v) is 2.87. The Hall–Kier alpha value is -2.95. The van der Waals surface area contributed by atoms with Crippen molar-refractivity contribution in [3.63, 3.8) is 0 Å². The Morgan fingerprint density at radius 3 is 2.46 bits per heavy atom. The lowest BCUT2D eigenvalue weighted by Crippen LogP contribution is -2.08. The smallest absolute Gasteiger partial charge is 0.338 e. The van der Waals surface area contributed by atoms with Crippen molar-refractivity contribution in [1.29, 1.82) is 0 Å². The van der Waals surface area contributed by atoms with Gasteiger partial charge in [-0.2, -0.15) is 5.10 Å². The molecular weight excluding hydrogens is 326 g/mol. The van der Waals surface area contributed by atoms with E-state index in [9.17, 15) is 4.79 Å². The molecule has 2 heterocycles. The number of rotatable bonds is 6. The van der Waals surface area contributed by atoms with Gasteiger partial charge in [-0.05, 0) is 76.1 Å². The van der Waals surface area contributed by atoms with Gasteiger partial charge in [-0.1, -0.05) is 6.07 Å². The molecule has 0 N–H and O–H groups in total. The second kappa shape index (κ2) is 7.95. The molecule has 2 aromatic heterocycles. The lowest BCUT2D eigenvalue weighted by Gasteiger charge is -2.07. The summed E-state index contributed by atoms with van der Waals surface area (Å²) >= 11 is 0. The minimum absolute atomic E-state index is 0.304. The first-order valence-corrected chi connectivity index (χ1v) is 8.76. The minimum atomic E-state index is -0.304. The predicted octanol–water partition coefficient (Wildman–Crippen LogP) is 3.98. The van der Waals surface area contributed by atoms with Crippen LogP contribution in [0.25, 0.3) is 5.69 Å². The largest absolute Gasteiger partial charge is 0.462 e. The van der Waals surface area contributed by atoms with E-state index in [1.807, 2.05) is 61.9 Å². The standard InChI is InChI=1S/C21H23N3O2/c1-15-6-4-7-19(22-15)8-5-13-26-21(25)18-9-11-20(12-10-18)24-17(3)14-16(2)23-24/h4,6-7,9-12,14H,5,8,13H2,1-3H3. The molecule has 3 aromatic rings. The van der Waals surface area contributed by atoms with Gasteiger partial charge < -0.3 is 4.74 Å². The number of carbonyl (C=O) groups is 1. The fraction of sp³-hybridized carbons (Fsp3) is 0.286. The van der Waals surface area contributed by atoms with E-state index in [1.165, 1.54) is 0 Å². The van der Waals surface area contributed by atoms with Crippen molar-refractivity contribution in [2.24, 2.45) is 0 Å². The maximum absolute atomic E-state index is 12.2. The van der Waals surface area contributed by atoms with E-state index in [1.54, 1.807) is 12.1 Å². The summed E-state index contributed by atoms with van der Waals surface area (Å²) < 4.78 is 7.22. The van der Waals surface area contributed by atoms with E-state index in [0.717, 1.165) is 41.3 Å².